The summed E-state index contributed by atoms with van der Waals surface area (Å²) in [5, 5.41) is 6.21. The minimum Gasteiger partial charge on any atom is -0.352 e. The summed E-state index contributed by atoms with van der Waals surface area (Å²) in [5.74, 6) is -1.12. The van der Waals surface area contributed by atoms with E-state index in [9.17, 15) is 14.4 Å². The van der Waals surface area contributed by atoms with E-state index in [2.05, 4.69) is 10.6 Å². The van der Waals surface area contributed by atoms with Crippen molar-refractivity contribution < 1.29 is 14.4 Å². The smallest absolute Gasteiger partial charge is 0.253 e. The maximum atomic E-state index is 12.7. The summed E-state index contributed by atoms with van der Waals surface area (Å²) in [7, 11) is 0. The zero-order chi connectivity index (χ0) is 20.1. The maximum Gasteiger partial charge on any atom is 0.253 e. The van der Waals surface area contributed by atoms with Gasteiger partial charge in [0.2, 0.25) is 11.8 Å². The first-order valence-electron chi connectivity index (χ1n) is 9.23. The fourth-order valence-electron chi connectivity index (χ4n) is 3.11. The monoisotopic (exact) mass is 399 g/mol. The van der Waals surface area contributed by atoms with Gasteiger partial charge in [-0.1, -0.05) is 30.7 Å². The van der Waals surface area contributed by atoms with Crippen LogP contribution >= 0.6 is 11.6 Å². The second kappa shape index (κ2) is 8.89. The Morgan fingerprint density at radius 2 is 1.86 bits per heavy atom. The van der Waals surface area contributed by atoms with Gasteiger partial charge in [-0.15, -0.1) is 0 Å². The lowest BCUT2D eigenvalue weighted by molar-refractivity contribution is -0.122. The van der Waals surface area contributed by atoms with Crippen LogP contribution in [0, 0.1) is 5.92 Å². The van der Waals surface area contributed by atoms with Crippen molar-refractivity contribution in [2.45, 2.75) is 19.8 Å². The summed E-state index contributed by atoms with van der Waals surface area (Å²) >= 11 is 5.90. The molecular weight excluding hydrogens is 378 g/mol. The van der Waals surface area contributed by atoms with Crippen LogP contribution in [0.25, 0.3) is 0 Å². The van der Waals surface area contributed by atoms with Crippen molar-refractivity contribution in [2.75, 3.05) is 23.3 Å². The van der Waals surface area contributed by atoms with Gasteiger partial charge in [-0.05, 0) is 42.8 Å². The van der Waals surface area contributed by atoms with E-state index in [-0.39, 0.29) is 30.7 Å². The highest BCUT2D eigenvalue weighted by atomic mass is 35.5. The molecule has 3 amide bonds. The first-order valence-corrected chi connectivity index (χ1v) is 9.61. The van der Waals surface area contributed by atoms with Crippen molar-refractivity contribution in [3.8, 4) is 0 Å². The van der Waals surface area contributed by atoms with Crippen LogP contribution in [0.4, 0.5) is 11.4 Å². The van der Waals surface area contributed by atoms with Gasteiger partial charge < -0.3 is 15.5 Å². The molecule has 1 heterocycles. The SMILES string of the molecule is CCCNC(=O)c1ccccc1NC(=O)C1CC(=O)N(c2ccc(Cl)cc2)C1. The predicted molar refractivity (Wildman–Crippen MR) is 110 cm³/mol. The van der Waals surface area contributed by atoms with E-state index in [0.717, 1.165) is 6.42 Å². The highest BCUT2D eigenvalue weighted by molar-refractivity contribution is 6.30. The molecule has 0 radical (unpaired) electrons. The average molecular weight is 400 g/mol. The van der Waals surface area contributed by atoms with Gasteiger partial charge in [0.05, 0.1) is 17.2 Å². The Labute approximate surface area is 168 Å². The fraction of sp³-hybridized carbons (Fsp3) is 0.286. The summed E-state index contributed by atoms with van der Waals surface area (Å²) < 4.78 is 0. The van der Waals surface area contributed by atoms with Gasteiger partial charge in [-0.2, -0.15) is 0 Å². The summed E-state index contributed by atoms with van der Waals surface area (Å²) in [5.41, 5.74) is 1.56. The Kier molecular flexibility index (Phi) is 6.31. The van der Waals surface area contributed by atoms with Crippen LogP contribution < -0.4 is 15.5 Å². The molecule has 1 fully saturated rings. The Morgan fingerprint density at radius 1 is 1.14 bits per heavy atom. The molecule has 28 heavy (non-hydrogen) atoms. The number of hydrogen-bond acceptors (Lipinski definition) is 3. The number of nitrogens with one attached hydrogen (secondary N) is 2. The topological polar surface area (TPSA) is 78.5 Å². The van der Waals surface area contributed by atoms with Crippen molar-refractivity contribution in [3.05, 3.63) is 59.1 Å². The number of hydrogen-bond donors (Lipinski definition) is 2. The maximum absolute atomic E-state index is 12.7. The molecular formula is C21H22ClN3O3. The number of rotatable bonds is 6. The van der Waals surface area contributed by atoms with Gasteiger partial charge >= 0.3 is 0 Å². The van der Waals surface area contributed by atoms with E-state index in [1.54, 1.807) is 53.4 Å². The second-order valence-corrected chi connectivity index (χ2v) is 7.11. The zero-order valence-electron chi connectivity index (χ0n) is 15.6. The Morgan fingerprint density at radius 3 is 2.57 bits per heavy atom. The van der Waals surface area contributed by atoms with Crippen molar-refractivity contribution in [1.82, 2.24) is 5.32 Å². The van der Waals surface area contributed by atoms with Crippen LogP contribution in [0.2, 0.25) is 5.02 Å². The Balaban J connectivity index is 1.70. The summed E-state index contributed by atoms with van der Waals surface area (Å²) in [6.07, 6.45) is 0.948. The van der Waals surface area contributed by atoms with E-state index in [0.29, 0.717) is 28.5 Å². The molecule has 2 aromatic rings. The van der Waals surface area contributed by atoms with E-state index >= 15 is 0 Å². The molecule has 1 unspecified atom stereocenters. The van der Waals surface area contributed by atoms with Crippen LogP contribution in [0.15, 0.2) is 48.5 Å². The molecule has 7 heteroatoms. The number of nitrogens with zero attached hydrogens (tertiary/aromatic N) is 1. The van der Waals surface area contributed by atoms with Crippen molar-refractivity contribution in [1.29, 1.82) is 0 Å². The third-order valence-corrected chi connectivity index (χ3v) is 4.85. The number of benzene rings is 2. The van der Waals surface area contributed by atoms with Gasteiger partial charge in [0.15, 0.2) is 0 Å². The number of anilines is 2. The normalized spacial score (nSPS) is 16.1. The average Bonchev–Trinajstić information content (AvgIpc) is 3.09. The number of para-hydroxylation sites is 1. The molecule has 3 rings (SSSR count). The molecule has 146 valence electrons. The molecule has 0 bridgehead atoms. The number of amides is 3. The van der Waals surface area contributed by atoms with Crippen molar-refractivity contribution in [3.63, 3.8) is 0 Å². The number of halogens is 1. The van der Waals surface area contributed by atoms with E-state index in [1.165, 1.54) is 0 Å². The molecule has 1 atom stereocenters. The van der Waals surface area contributed by atoms with Crippen molar-refractivity contribution >= 4 is 40.7 Å². The highest BCUT2D eigenvalue weighted by Gasteiger charge is 2.35. The summed E-state index contributed by atoms with van der Waals surface area (Å²) in [4.78, 5) is 39.0. The molecule has 2 aromatic carbocycles. The third kappa shape index (κ3) is 4.51. The number of carbonyl (C=O) groups excluding carboxylic acids is 3. The van der Waals surface area contributed by atoms with E-state index in [1.807, 2.05) is 6.92 Å². The first-order chi connectivity index (χ1) is 13.5. The second-order valence-electron chi connectivity index (χ2n) is 6.67. The zero-order valence-corrected chi connectivity index (χ0v) is 16.3. The largest absolute Gasteiger partial charge is 0.352 e. The molecule has 0 spiro atoms. The van der Waals surface area contributed by atoms with Crippen LogP contribution in [-0.2, 0) is 9.59 Å². The van der Waals surface area contributed by atoms with Gasteiger partial charge in [-0.3, -0.25) is 14.4 Å². The lowest BCUT2D eigenvalue weighted by Crippen LogP contribution is -2.29. The van der Waals surface area contributed by atoms with E-state index < -0.39 is 5.92 Å². The number of carbonyl (C=O) groups is 3. The Hall–Kier alpha value is -2.86. The highest BCUT2D eigenvalue weighted by Crippen LogP contribution is 2.27. The molecule has 2 N–H and O–H groups in total. The molecule has 0 aliphatic carbocycles. The summed E-state index contributed by atoms with van der Waals surface area (Å²) in [6.45, 7) is 2.82. The van der Waals surface area contributed by atoms with Crippen LogP contribution in [-0.4, -0.2) is 30.8 Å². The molecule has 1 aliphatic heterocycles. The minimum absolute atomic E-state index is 0.114. The standard InChI is InChI=1S/C21H22ClN3O3/c1-2-11-23-21(28)17-5-3-4-6-18(17)24-20(27)14-12-19(26)25(13-14)16-9-7-15(22)8-10-16/h3-10,14H,2,11-13H2,1H3,(H,23,28)(H,24,27). The van der Waals surface area contributed by atoms with Crippen molar-refractivity contribution in [2.24, 2.45) is 5.92 Å². The van der Waals surface area contributed by atoms with Gasteiger partial charge in [0.1, 0.15) is 0 Å². The third-order valence-electron chi connectivity index (χ3n) is 4.60. The fourth-order valence-corrected chi connectivity index (χ4v) is 3.24. The van der Waals surface area contributed by atoms with E-state index in [4.69, 9.17) is 11.6 Å². The molecule has 6 nitrogen and oxygen atoms in total. The molecule has 1 saturated heterocycles. The lowest BCUT2D eigenvalue weighted by atomic mass is 10.1. The van der Waals surface area contributed by atoms with Crippen LogP contribution in [0.5, 0.6) is 0 Å². The molecule has 0 aromatic heterocycles. The first kappa shape index (κ1) is 19.9. The lowest BCUT2D eigenvalue weighted by Gasteiger charge is -2.17. The minimum atomic E-state index is -0.491. The predicted octanol–water partition coefficient (Wildman–Crippen LogP) is 3.47. The van der Waals surface area contributed by atoms with Gasteiger partial charge in [0, 0.05) is 30.2 Å². The Bertz CT molecular complexity index is 883. The molecule has 0 saturated carbocycles. The molecule has 1 aliphatic rings. The summed E-state index contributed by atoms with van der Waals surface area (Å²) in [6, 6.07) is 13.8. The van der Waals surface area contributed by atoms with Crippen LogP contribution in [0.3, 0.4) is 0 Å². The van der Waals surface area contributed by atoms with Gasteiger partial charge in [-0.25, -0.2) is 0 Å². The quantitative estimate of drug-likeness (QED) is 0.780. The van der Waals surface area contributed by atoms with Crippen LogP contribution in [0.1, 0.15) is 30.1 Å². The van der Waals surface area contributed by atoms with Gasteiger partial charge in [0.25, 0.3) is 5.91 Å².